The number of esters is 1. The SMILES string of the molecule is COC(=O)[C@@H](CC(=O)[C@H](C)[C@@H](OC)[C@@H]1CCCN1C(=O)C[C@@H](OC)[C@H](C1CCC1)N(C)C(=O)[C@@H](CC(=O)C(C)(C)N)C(C)C)Cc1ccccc1. The van der Waals surface area contributed by atoms with Crippen molar-refractivity contribution in [3.63, 3.8) is 0 Å². The molecule has 2 fully saturated rings. The maximum atomic E-state index is 14.2. The third-order valence-corrected chi connectivity index (χ3v) is 11.3. The molecule has 1 saturated heterocycles. The Labute approximate surface area is 305 Å². The summed E-state index contributed by atoms with van der Waals surface area (Å²) in [7, 11) is 6.23. The lowest BCUT2D eigenvalue weighted by molar-refractivity contribution is -0.151. The molecule has 2 aliphatic rings. The first-order valence-electron chi connectivity index (χ1n) is 18.6. The van der Waals surface area contributed by atoms with E-state index in [1.54, 1.807) is 46.9 Å². The summed E-state index contributed by atoms with van der Waals surface area (Å²) in [5.74, 6) is -2.65. The highest BCUT2D eigenvalue weighted by Gasteiger charge is 2.45. The second-order valence-electron chi connectivity index (χ2n) is 15.7. The molecule has 0 spiro atoms. The summed E-state index contributed by atoms with van der Waals surface area (Å²) in [6.07, 6.45) is 3.70. The smallest absolute Gasteiger partial charge is 0.309 e. The van der Waals surface area contributed by atoms with Gasteiger partial charge >= 0.3 is 5.97 Å². The Morgan fingerprint density at radius 3 is 2.08 bits per heavy atom. The number of benzene rings is 1. The van der Waals surface area contributed by atoms with Crippen LogP contribution >= 0.6 is 0 Å². The zero-order chi connectivity index (χ0) is 38.0. The largest absolute Gasteiger partial charge is 0.469 e. The van der Waals surface area contributed by atoms with Gasteiger partial charge in [0, 0.05) is 52.5 Å². The van der Waals surface area contributed by atoms with E-state index in [1.807, 2.05) is 49.1 Å². The lowest BCUT2D eigenvalue weighted by Gasteiger charge is -2.45. The minimum atomic E-state index is -1.04. The molecule has 1 aromatic carbocycles. The predicted octanol–water partition coefficient (Wildman–Crippen LogP) is 4.62. The van der Waals surface area contributed by atoms with E-state index in [-0.39, 0.29) is 66.6 Å². The molecular formula is C40H63N3O8. The quantitative estimate of drug-likeness (QED) is 0.191. The number of hydrogen-bond acceptors (Lipinski definition) is 9. The fourth-order valence-electron chi connectivity index (χ4n) is 7.82. The summed E-state index contributed by atoms with van der Waals surface area (Å²) in [5.41, 5.74) is 5.99. The number of carbonyl (C=O) groups is 5. The van der Waals surface area contributed by atoms with Gasteiger partial charge in [0.25, 0.3) is 0 Å². The Hall–Kier alpha value is -3.15. The minimum Gasteiger partial charge on any atom is -0.469 e. The van der Waals surface area contributed by atoms with Gasteiger partial charge in [-0.15, -0.1) is 0 Å². The van der Waals surface area contributed by atoms with Gasteiger partial charge in [-0.3, -0.25) is 24.0 Å². The Morgan fingerprint density at radius 1 is 0.922 bits per heavy atom. The Bertz CT molecular complexity index is 1320. The second kappa shape index (κ2) is 19.1. The Kier molecular flexibility index (Phi) is 15.8. The van der Waals surface area contributed by atoms with Crippen LogP contribution in [-0.4, -0.2) is 104 Å². The van der Waals surface area contributed by atoms with Crippen LogP contribution in [0.1, 0.15) is 91.5 Å². The van der Waals surface area contributed by atoms with Gasteiger partial charge in [0.1, 0.15) is 5.78 Å². The van der Waals surface area contributed by atoms with Crippen molar-refractivity contribution in [1.29, 1.82) is 0 Å². The molecule has 2 amide bonds. The molecule has 11 heteroatoms. The number of nitrogens with zero attached hydrogens (tertiary/aromatic N) is 2. The van der Waals surface area contributed by atoms with Crippen LogP contribution in [0.15, 0.2) is 30.3 Å². The number of ether oxygens (including phenoxy) is 3. The first-order valence-corrected chi connectivity index (χ1v) is 18.6. The molecular weight excluding hydrogens is 650 g/mol. The van der Waals surface area contributed by atoms with Crippen molar-refractivity contribution >= 4 is 29.4 Å². The summed E-state index contributed by atoms with van der Waals surface area (Å²) >= 11 is 0. The average molecular weight is 714 g/mol. The number of likely N-dealkylation sites (N-methyl/N-ethyl adjacent to an activating group) is 1. The van der Waals surface area contributed by atoms with Gasteiger partial charge in [-0.2, -0.15) is 0 Å². The van der Waals surface area contributed by atoms with Crippen LogP contribution in [0.3, 0.4) is 0 Å². The van der Waals surface area contributed by atoms with Crippen LogP contribution < -0.4 is 5.73 Å². The number of carbonyl (C=O) groups excluding carboxylic acids is 5. The van der Waals surface area contributed by atoms with Crippen molar-refractivity contribution in [1.82, 2.24) is 9.80 Å². The summed E-state index contributed by atoms with van der Waals surface area (Å²) in [6.45, 7) is 9.52. The summed E-state index contributed by atoms with van der Waals surface area (Å²) in [6, 6.07) is 8.86. The lowest BCUT2D eigenvalue weighted by Crippen LogP contribution is -2.56. The molecule has 0 bridgehead atoms. The highest BCUT2D eigenvalue weighted by atomic mass is 16.5. The van der Waals surface area contributed by atoms with Crippen LogP contribution in [0.25, 0.3) is 0 Å². The van der Waals surface area contributed by atoms with E-state index < -0.39 is 41.5 Å². The predicted molar refractivity (Wildman–Crippen MR) is 196 cm³/mol. The van der Waals surface area contributed by atoms with Crippen molar-refractivity contribution < 1.29 is 38.2 Å². The third kappa shape index (κ3) is 10.9. The summed E-state index contributed by atoms with van der Waals surface area (Å²) in [5, 5.41) is 0. The number of Topliss-reactive ketones (excluding diaryl/α,β-unsaturated/α-hetero) is 2. The van der Waals surface area contributed by atoms with E-state index in [9.17, 15) is 24.0 Å². The maximum Gasteiger partial charge on any atom is 0.309 e. The molecule has 1 heterocycles. The molecule has 0 unspecified atom stereocenters. The number of likely N-dealkylation sites (tertiary alicyclic amines) is 1. The van der Waals surface area contributed by atoms with Crippen molar-refractivity contribution in [3.8, 4) is 0 Å². The first-order chi connectivity index (χ1) is 24.0. The monoisotopic (exact) mass is 713 g/mol. The number of rotatable bonds is 20. The molecule has 11 nitrogen and oxygen atoms in total. The minimum absolute atomic E-state index is 0.00415. The van der Waals surface area contributed by atoms with E-state index in [1.165, 1.54) is 7.11 Å². The second-order valence-corrected chi connectivity index (χ2v) is 15.7. The summed E-state index contributed by atoms with van der Waals surface area (Å²) < 4.78 is 17.0. The molecule has 3 rings (SSSR count). The van der Waals surface area contributed by atoms with E-state index in [2.05, 4.69) is 0 Å². The van der Waals surface area contributed by atoms with Gasteiger partial charge in [-0.05, 0) is 63.4 Å². The number of methoxy groups -OCH3 is 3. The molecule has 1 aromatic rings. The van der Waals surface area contributed by atoms with Gasteiger partial charge < -0.3 is 29.7 Å². The fraction of sp³-hybridized carbons (Fsp3) is 0.725. The highest BCUT2D eigenvalue weighted by Crippen LogP contribution is 2.37. The highest BCUT2D eigenvalue weighted by molar-refractivity contribution is 5.92. The molecule has 1 saturated carbocycles. The van der Waals surface area contributed by atoms with Crippen molar-refractivity contribution in [2.75, 3.05) is 34.9 Å². The van der Waals surface area contributed by atoms with E-state index in [0.717, 1.165) is 31.2 Å². The van der Waals surface area contributed by atoms with Gasteiger partial charge in [0.05, 0.1) is 49.3 Å². The number of amides is 2. The van der Waals surface area contributed by atoms with Crippen molar-refractivity contribution in [3.05, 3.63) is 35.9 Å². The van der Waals surface area contributed by atoms with E-state index >= 15 is 0 Å². The molecule has 1 aliphatic carbocycles. The molecule has 286 valence electrons. The van der Waals surface area contributed by atoms with Gasteiger partial charge in [0.15, 0.2) is 5.78 Å². The molecule has 0 radical (unpaired) electrons. The van der Waals surface area contributed by atoms with E-state index in [4.69, 9.17) is 19.9 Å². The lowest BCUT2D eigenvalue weighted by atomic mass is 9.75. The van der Waals surface area contributed by atoms with Crippen LogP contribution in [-0.2, 0) is 44.6 Å². The topological polar surface area (TPSA) is 146 Å². The third-order valence-electron chi connectivity index (χ3n) is 11.3. The molecule has 1 aliphatic heterocycles. The molecule has 2 N–H and O–H groups in total. The first kappa shape index (κ1) is 42.3. The maximum absolute atomic E-state index is 14.2. The molecule has 7 atom stereocenters. The van der Waals surface area contributed by atoms with E-state index in [0.29, 0.717) is 19.4 Å². The number of hydrogen-bond donors (Lipinski definition) is 1. The van der Waals surface area contributed by atoms with Crippen LogP contribution in [0, 0.1) is 29.6 Å². The van der Waals surface area contributed by atoms with Gasteiger partial charge in [0.2, 0.25) is 11.8 Å². The summed E-state index contributed by atoms with van der Waals surface area (Å²) in [4.78, 5) is 71.1. The van der Waals surface area contributed by atoms with Crippen molar-refractivity contribution in [2.24, 2.45) is 35.3 Å². The van der Waals surface area contributed by atoms with Crippen LogP contribution in [0.2, 0.25) is 0 Å². The Morgan fingerprint density at radius 2 is 1.57 bits per heavy atom. The average Bonchev–Trinajstić information content (AvgIpc) is 3.56. The zero-order valence-electron chi connectivity index (χ0n) is 32.4. The normalized spacial score (nSPS) is 20.1. The van der Waals surface area contributed by atoms with Gasteiger partial charge in [-0.1, -0.05) is 57.5 Å². The number of ketones is 2. The van der Waals surface area contributed by atoms with Crippen LogP contribution in [0.4, 0.5) is 0 Å². The Balaban J connectivity index is 1.77. The van der Waals surface area contributed by atoms with Gasteiger partial charge in [-0.25, -0.2) is 0 Å². The van der Waals surface area contributed by atoms with Crippen LogP contribution in [0.5, 0.6) is 0 Å². The standard InChI is InChI=1S/C40H63N3O8/c1-25(2)30(23-34(45)40(4,5)41)38(47)42(6)36(28-17-13-18-28)33(49-7)24-35(46)43-20-14-19-31(43)37(50-8)26(3)32(44)22-29(39(48)51-9)21-27-15-11-10-12-16-27/h10-12,15-16,25-26,28-31,33,36-37H,13-14,17-24,41H2,1-9H3/t26-,29+,30-,31-,33+,36-,37+/m0/s1. The number of nitrogens with two attached hydrogens (primary N) is 1. The van der Waals surface area contributed by atoms with Crippen molar-refractivity contribution in [2.45, 2.75) is 122 Å². The molecule has 0 aromatic heterocycles. The molecule has 51 heavy (non-hydrogen) atoms. The fourth-order valence-corrected chi connectivity index (χ4v) is 7.82. The zero-order valence-corrected chi connectivity index (χ0v) is 32.4.